The molecule has 1 aliphatic heterocycles. The molecule has 0 fully saturated rings. The van der Waals surface area contributed by atoms with E-state index < -0.39 is 5.60 Å². The van der Waals surface area contributed by atoms with Crippen LogP contribution >= 0.6 is 0 Å². The number of anilines is 1. The summed E-state index contributed by atoms with van der Waals surface area (Å²) in [5.41, 5.74) is -0.510. The SMILES string of the molecule is CC(C)(C)OC(=O)CCC(=O)N1CCn2ccnc21. The molecule has 0 aliphatic carbocycles. The molecule has 6 nitrogen and oxygen atoms in total. The number of aromatic nitrogens is 2. The van der Waals surface area contributed by atoms with Crippen molar-refractivity contribution in [3.63, 3.8) is 0 Å². The second kappa shape index (κ2) is 5.03. The van der Waals surface area contributed by atoms with Gasteiger partial charge in [0, 0.05) is 31.9 Å². The highest BCUT2D eigenvalue weighted by Crippen LogP contribution is 2.19. The molecule has 19 heavy (non-hydrogen) atoms. The Kier molecular flexibility index (Phi) is 3.59. The van der Waals surface area contributed by atoms with Crippen molar-refractivity contribution in [2.75, 3.05) is 11.4 Å². The predicted molar refractivity (Wildman–Crippen MR) is 69.7 cm³/mol. The molecule has 1 aliphatic rings. The van der Waals surface area contributed by atoms with Gasteiger partial charge in [0.1, 0.15) is 5.60 Å². The third-order valence-electron chi connectivity index (χ3n) is 2.76. The summed E-state index contributed by atoms with van der Waals surface area (Å²) in [6.45, 7) is 6.81. The molecular formula is C13H19N3O3. The van der Waals surface area contributed by atoms with Crippen molar-refractivity contribution in [3.8, 4) is 0 Å². The number of amides is 1. The van der Waals surface area contributed by atoms with E-state index in [4.69, 9.17) is 4.74 Å². The zero-order chi connectivity index (χ0) is 14.0. The van der Waals surface area contributed by atoms with E-state index in [1.54, 1.807) is 11.1 Å². The third kappa shape index (κ3) is 3.33. The number of esters is 1. The molecule has 0 saturated heterocycles. The molecular weight excluding hydrogens is 246 g/mol. The Morgan fingerprint density at radius 3 is 2.74 bits per heavy atom. The maximum atomic E-state index is 12.0. The first-order chi connectivity index (χ1) is 8.87. The van der Waals surface area contributed by atoms with Gasteiger partial charge in [-0.1, -0.05) is 0 Å². The van der Waals surface area contributed by atoms with Gasteiger partial charge in [-0.25, -0.2) is 4.98 Å². The molecule has 1 amide bonds. The van der Waals surface area contributed by atoms with Crippen molar-refractivity contribution in [1.82, 2.24) is 9.55 Å². The van der Waals surface area contributed by atoms with E-state index in [9.17, 15) is 9.59 Å². The molecule has 0 N–H and O–H groups in total. The quantitative estimate of drug-likeness (QED) is 0.774. The lowest BCUT2D eigenvalue weighted by Gasteiger charge is -2.20. The van der Waals surface area contributed by atoms with Gasteiger partial charge in [0.05, 0.1) is 6.42 Å². The predicted octanol–water partition coefficient (Wildman–Crippen LogP) is 1.35. The second-order valence-corrected chi connectivity index (χ2v) is 5.55. The number of ether oxygens (including phenoxy) is 1. The summed E-state index contributed by atoms with van der Waals surface area (Å²) in [6, 6.07) is 0. The smallest absolute Gasteiger partial charge is 0.306 e. The van der Waals surface area contributed by atoms with E-state index in [2.05, 4.69) is 4.98 Å². The zero-order valence-electron chi connectivity index (χ0n) is 11.5. The van der Waals surface area contributed by atoms with Crippen molar-refractivity contribution in [2.45, 2.75) is 45.8 Å². The van der Waals surface area contributed by atoms with Gasteiger partial charge in [-0.3, -0.25) is 14.5 Å². The van der Waals surface area contributed by atoms with Crippen molar-refractivity contribution in [3.05, 3.63) is 12.4 Å². The van der Waals surface area contributed by atoms with E-state index in [-0.39, 0.29) is 24.7 Å². The summed E-state index contributed by atoms with van der Waals surface area (Å²) in [4.78, 5) is 29.4. The molecule has 6 heteroatoms. The van der Waals surface area contributed by atoms with Gasteiger partial charge in [0.25, 0.3) is 0 Å². The van der Waals surface area contributed by atoms with Crippen molar-refractivity contribution < 1.29 is 14.3 Å². The molecule has 0 bridgehead atoms. The standard InChI is InChI=1S/C13H19N3O3/c1-13(2,3)19-11(18)5-4-10(17)16-9-8-15-7-6-14-12(15)16/h6-7H,4-5,8-9H2,1-3H3. The number of hydrogen-bond donors (Lipinski definition) is 0. The van der Waals surface area contributed by atoms with Crippen LogP contribution in [0, 0.1) is 0 Å². The molecule has 0 saturated carbocycles. The third-order valence-corrected chi connectivity index (χ3v) is 2.76. The summed E-state index contributed by atoms with van der Waals surface area (Å²) in [7, 11) is 0. The van der Waals surface area contributed by atoms with Crippen molar-refractivity contribution >= 4 is 17.8 Å². The van der Waals surface area contributed by atoms with Crippen LogP contribution in [0.25, 0.3) is 0 Å². The Bertz CT molecular complexity index is 488. The molecule has 2 heterocycles. The Hall–Kier alpha value is -1.85. The number of nitrogens with zero attached hydrogens (tertiary/aromatic N) is 3. The van der Waals surface area contributed by atoms with Crippen LogP contribution in [-0.4, -0.2) is 33.6 Å². The van der Waals surface area contributed by atoms with Crippen molar-refractivity contribution in [2.24, 2.45) is 0 Å². The molecule has 2 rings (SSSR count). The van der Waals surface area contributed by atoms with Crippen LogP contribution in [0.5, 0.6) is 0 Å². The lowest BCUT2D eigenvalue weighted by Crippen LogP contribution is -2.30. The molecule has 104 valence electrons. The number of hydrogen-bond acceptors (Lipinski definition) is 4. The number of carbonyl (C=O) groups excluding carboxylic acids is 2. The fraction of sp³-hybridized carbons (Fsp3) is 0.615. The van der Waals surface area contributed by atoms with E-state index in [1.165, 1.54) is 0 Å². The van der Waals surface area contributed by atoms with Crippen LogP contribution in [0.4, 0.5) is 5.95 Å². The van der Waals surface area contributed by atoms with E-state index in [0.717, 1.165) is 6.54 Å². The number of imidazole rings is 1. The largest absolute Gasteiger partial charge is 0.460 e. The average molecular weight is 265 g/mol. The fourth-order valence-electron chi connectivity index (χ4n) is 2.00. The van der Waals surface area contributed by atoms with Gasteiger partial charge < -0.3 is 9.30 Å². The number of fused-ring (bicyclic) bond motifs is 1. The first kappa shape index (κ1) is 13.6. The highest BCUT2D eigenvalue weighted by Gasteiger charge is 2.26. The molecule has 0 aromatic carbocycles. The van der Waals surface area contributed by atoms with Gasteiger partial charge in [-0.2, -0.15) is 0 Å². The topological polar surface area (TPSA) is 64.4 Å². The van der Waals surface area contributed by atoms with Gasteiger partial charge in [0.15, 0.2) is 0 Å². The normalized spacial score (nSPS) is 14.4. The summed E-state index contributed by atoms with van der Waals surface area (Å²) in [5.74, 6) is 0.230. The Balaban J connectivity index is 1.85. The summed E-state index contributed by atoms with van der Waals surface area (Å²) < 4.78 is 7.10. The monoisotopic (exact) mass is 265 g/mol. The molecule has 0 spiro atoms. The number of rotatable bonds is 3. The first-order valence-electron chi connectivity index (χ1n) is 6.40. The van der Waals surface area contributed by atoms with Gasteiger partial charge in [-0.05, 0) is 20.8 Å². The highest BCUT2D eigenvalue weighted by molar-refractivity contribution is 5.94. The van der Waals surface area contributed by atoms with Crippen molar-refractivity contribution in [1.29, 1.82) is 0 Å². The van der Waals surface area contributed by atoms with E-state index >= 15 is 0 Å². The van der Waals surface area contributed by atoms with Crippen LogP contribution < -0.4 is 4.90 Å². The molecule has 0 radical (unpaired) electrons. The minimum atomic E-state index is -0.510. The Labute approximate surface area is 112 Å². The maximum absolute atomic E-state index is 12.0. The highest BCUT2D eigenvalue weighted by atomic mass is 16.6. The summed E-state index contributed by atoms with van der Waals surface area (Å²) >= 11 is 0. The van der Waals surface area contributed by atoms with Crippen LogP contribution in [0.15, 0.2) is 12.4 Å². The molecule has 1 aromatic rings. The van der Waals surface area contributed by atoms with Crippen LogP contribution in [0.1, 0.15) is 33.6 Å². The average Bonchev–Trinajstić information content (AvgIpc) is 2.84. The summed E-state index contributed by atoms with van der Waals surface area (Å²) in [5, 5.41) is 0. The van der Waals surface area contributed by atoms with Crippen LogP contribution in [-0.2, 0) is 20.9 Å². The second-order valence-electron chi connectivity index (χ2n) is 5.55. The molecule has 1 aromatic heterocycles. The molecule has 0 atom stereocenters. The van der Waals surface area contributed by atoms with Crippen LogP contribution in [0.2, 0.25) is 0 Å². The maximum Gasteiger partial charge on any atom is 0.306 e. The van der Waals surface area contributed by atoms with Crippen LogP contribution in [0.3, 0.4) is 0 Å². The fourth-order valence-corrected chi connectivity index (χ4v) is 2.00. The van der Waals surface area contributed by atoms with Gasteiger partial charge in [0.2, 0.25) is 11.9 Å². The van der Waals surface area contributed by atoms with Gasteiger partial charge >= 0.3 is 5.97 Å². The summed E-state index contributed by atoms with van der Waals surface area (Å²) in [6.07, 6.45) is 3.77. The lowest BCUT2D eigenvalue weighted by atomic mass is 10.2. The number of carbonyl (C=O) groups is 2. The van der Waals surface area contributed by atoms with E-state index in [0.29, 0.717) is 12.5 Å². The van der Waals surface area contributed by atoms with Gasteiger partial charge in [-0.15, -0.1) is 0 Å². The minimum Gasteiger partial charge on any atom is -0.460 e. The molecule has 0 unspecified atom stereocenters. The lowest BCUT2D eigenvalue weighted by molar-refractivity contribution is -0.155. The zero-order valence-corrected chi connectivity index (χ0v) is 11.5. The first-order valence-corrected chi connectivity index (χ1v) is 6.40. The minimum absolute atomic E-state index is 0.0872. The van der Waals surface area contributed by atoms with E-state index in [1.807, 2.05) is 31.5 Å². The Morgan fingerprint density at radius 1 is 1.32 bits per heavy atom. The Morgan fingerprint density at radius 2 is 2.05 bits per heavy atom.